The number of aliphatic hydroxyl groups excluding tert-OH is 1. The van der Waals surface area contributed by atoms with Gasteiger partial charge in [-0.15, -0.1) is 0 Å². The lowest BCUT2D eigenvalue weighted by Gasteiger charge is -2.22. The van der Waals surface area contributed by atoms with Gasteiger partial charge in [0.15, 0.2) is 0 Å². The van der Waals surface area contributed by atoms with Gasteiger partial charge in [0.1, 0.15) is 0 Å². The first-order chi connectivity index (χ1) is 9.11. The van der Waals surface area contributed by atoms with Gasteiger partial charge in [0.05, 0.1) is 17.6 Å². The Labute approximate surface area is 121 Å². The molecule has 3 nitrogen and oxygen atoms in total. The second-order valence-corrected chi connectivity index (χ2v) is 6.60. The molecule has 1 amide bonds. The first-order valence-electron chi connectivity index (χ1n) is 6.87. The lowest BCUT2D eigenvalue weighted by molar-refractivity contribution is -0.128. The molecular formula is C15H18BrNO2. The molecule has 3 rings (SSSR count). The molecule has 1 aromatic carbocycles. The maximum Gasteiger partial charge on any atom is 0.226 e. The normalized spacial score (nSPS) is 28.1. The van der Waals surface area contributed by atoms with E-state index in [0.29, 0.717) is 0 Å². The monoisotopic (exact) mass is 323 g/mol. The van der Waals surface area contributed by atoms with Gasteiger partial charge in [-0.2, -0.15) is 0 Å². The van der Waals surface area contributed by atoms with E-state index in [9.17, 15) is 9.90 Å². The highest BCUT2D eigenvalue weighted by molar-refractivity contribution is 9.10. The molecule has 2 unspecified atom stereocenters. The van der Waals surface area contributed by atoms with E-state index >= 15 is 0 Å². The van der Waals surface area contributed by atoms with Crippen LogP contribution in [-0.2, 0) is 10.3 Å². The van der Waals surface area contributed by atoms with E-state index in [2.05, 4.69) is 33.4 Å². The van der Waals surface area contributed by atoms with Gasteiger partial charge in [0, 0.05) is 4.47 Å². The van der Waals surface area contributed by atoms with Gasteiger partial charge >= 0.3 is 0 Å². The van der Waals surface area contributed by atoms with Crippen LogP contribution in [-0.4, -0.2) is 17.1 Å². The minimum Gasteiger partial charge on any atom is -0.392 e. The van der Waals surface area contributed by atoms with Gasteiger partial charge in [0.25, 0.3) is 0 Å². The molecule has 0 radical (unpaired) electrons. The maximum absolute atomic E-state index is 12.3. The fourth-order valence-corrected chi connectivity index (χ4v) is 3.22. The Morgan fingerprint density at radius 1 is 1.26 bits per heavy atom. The third kappa shape index (κ3) is 2.56. The Hall–Kier alpha value is -0.870. The standard InChI is InChI=1S/C15H18BrNO2/c16-11-6-4-10(5-7-11)15(8-9-15)17-14(19)12-2-1-3-13(12)18/h4-7,12-13,18H,1-3,8-9H2,(H,17,19). The lowest BCUT2D eigenvalue weighted by atomic mass is 10.0. The molecule has 1 aromatic rings. The van der Waals surface area contributed by atoms with Crippen LogP contribution >= 0.6 is 15.9 Å². The van der Waals surface area contributed by atoms with Crippen LogP contribution in [0.2, 0.25) is 0 Å². The predicted molar refractivity (Wildman–Crippen MR) is 76.5 cm³/mol. The van der Waals surface area contributed by atoms with Crippen LogP contribution < -0.4 is 5.32 Å². The molecule has 2 N–H and O–H groups in total. The zero-order valence-corrected chi connectivity index (χ0v) is 12.3. The molecule has 2 saturated carbocycles. The Morgan fingerprint density at radius 3 is 2.47 bits per heavy atom. The van der Waals surface area contributed by atoms with Crippen LogP contribution in [0.15, 0.2) is 28.7 Å². The van der Waals surface area contributed by atoms with Crippen molar-refractivity contribution in [3.63, 3.8) is 0 Å². The number of hydrogen-bond donors (Lipinski definition) is 2. The van der Waals surface area contributed by atoms with Gasteiger partial charge in [-0.05, 0) is 49.8 Å². The smallest absolute Gasteiger partial charge is 0.226 e. The van der Waals surface area contributed by atoms with Gasteiger partial charge in [-0.1, -0.05) is 28.1 Å². The number of carbonyl (C=O) groups is 1. The number of amides is 1. The molecule has 0 aliphatic heterocycles. The minimum absolute atomic E-state index is 0.0189. The van der Waals surface area contributed by atoms with Crippen molar-refractivity contribution in [2.45, 2.75) is 43.7 Å². The highest BCUT2D eigenvalue weighted by atomic mass is 79.9. The van der Waals surface area contributed by atoms with E-state index in [0.717, 1.165) is 42.1 Å². The summed E-state index contributed by atoms with van der Waals surface area (Å²) in [4.78, 5) is 12.3. The quantitative estimate of drug-likeness (QED) is 0.898. The zero-order chi connectivity index (χ0) is 13.5. The van der Waals surface area contributed by atoms with Crippen molar-refractivity contribution in [3.8, 4) is 0 Å². The molecule has 19 heavy (non-hydrogen) atoms. The lowest BCUT2D eigenvalue weighted by Crippen LogP contribution is -2.41. The number of benzene rings is 1. The van der Waals surface area contributed by atoms with E-state index in [-0.39, 0.29) is 17.4 Å². The van der Waals surface area contributed by atoms with Crippen molar-refractivity contribution >= 4 is 21.8 Å². The molecule has 4 heteroatoms. The van der Waals surface area contributed by atoms with Crippen molar-refractivity contribution in [1.82, 2.24) is 5.32 Å². The number of hydrogen-bond acceptors (Lipinski definition) is 2. The first-order valence-corrected chi connectivity index (χ1v) is 7.66. The molecule has 2 aliphatic carbocycles. The Balaban J connectivity index is 1.72. The van der Waals surface area contributed by atoms with Crippen LogP contribution in [0.25, 0.3) is 0 Å². The van der Waals surface area contributed by atoms with Gasteiger partial charge < -0.3 is 10.4 Å². The predicted octanol–water partition coefficient (Wildman–Crippen LogP) is 2.72. The average Bonchev–Trinajstić information content (AvgIpc) is 3.03. The molecular weight excluding hydrogens is 306 g/mol. The third-order valence-corrected chi connectivity index (χ3v) is 4.85. The van der Waals surface area contributed by atoms with Crippen LogP contribution in [0.5, 0.6) is 0 Å². The van der Waals surface area contributed by atoms with Crippen LogP contribution in [0.1, 0.15) is 37.7 Å². The Bertz CT molecular complexity index is 481. The van der Waals surface area contributed by atoms with Crippen molar-refractivity contribution < 1.29 is 9.90 Å². The molecule has 0 spiro atoms. The number of carbonyl (C=O) groups excluding carboxylic acids is 1. The molecule has 0 saturated heterocycles. The van der Waals surface area contributed by atoms with Crippen LogP contribution in [0.3, 0.4) is 0 Å². The summed E-state index contributed by atoms with van der Waals surface area (Å²) >= 11 is 3.42. The highest BCUT2D eigenvalue weighted by Gasteiger charge is 2.47. The van der Waals surface area contributed by atoms with Gasteiger partial charge in [-0.3, -0.25) is 4.79 Å². The number of halogens is 1. The molecule has 102 valence electrons. The molecule has 0 aromatic heterocycles. The highest BCUT2D eigenvalue weighted by Crippen LogP contribution is 2.46. The van der Waals surface area contributed by atoms with E-state index in [1.54, 1.807) is 0 Å². The second kappa shape index (κ2) is 4.91. The summed E-state index contributed by atoms with van der Waals surface area (Å²) in [5.41, 5.74) is 0.983. The first kappa shape index (κ1) is 13.1. The summed E-state index contributed by atoms with van der Waals surface area (Å²) in [5.74, 6) is -0.196. The van der Waals surface area contributed by atoms with Crippen molar-refractivity contribution in [2.24, 2.45) is 5.92 Å². The summed E-state index contributed by atoms with van der Waals surface area (Å²) in [6.45, 7) is 0. The summed E-state index contributed by atoms with van der Waals surface area (Å²) < 4.78 is 1.05. The molecule has 2 atom stereocenters. The fraction of sp³-hybridized carbons (Fsp3) is 0.533. The summed E-state index contributed by atoms with van der Waals surface area (Å²) in [5, 5.41) is 13.0. The van der Waals surface area contributed by atoms with Crippen molar-refractivity contribution in [3.05, 3.63) is 34.3 Å². The minimum atomic E-state index is -0.458. The molecule has 2 fully saturated rings. The summed E-state index contributed by atoms with van der Waals surface area (Å²) in [6, 6.07) is 8.13. The Morgan fingerprint density at radius 2 is 1.95 bits per heavy atom. The number of rotatable bonds is 3. The maximum atomic E-state index is 12.3. The SMILES string of the molecule is O=C(NC1(c2ccc(Br)cc2)CC1)C1CCCC1O. The number of aliphatic hydroxyl groups is 1. The summed E-state index contributed by atoms with van der Waals surface area (Å²) in [6.07, 6.45) is 4.03. The van der Waals surface area contributed by atoms with E-state index in [4.69, 9.17) is 0 Å². The van der Waals surface area contributed by atoms with E-state index in [1.165, 1.54) is 0 Å². The van der Waals surface area contributed by atoms with E-state index in [1.807, 2.05) is 12.1 Å². The zero-order valence-electron chi connectivity index (χ0n) is 10.7. The van der Waals surface area contributed by atoms with Crippen molar-refractivity contribution in [2.75, 3.05) is 0 Å². The van der Waals surface area contributed by atoms with Gasteiger partial charge in [0.2, 0.25) is 5.91 Å². The Kier molecular flexibility index (Phi) is 3.39. The fourth-order valence-electron chi connectivity index (χ4n) is 2.95. The molecule has 0 bridgehead atoms. The largest absolute Gasteiger partial charge is 0.392 e. The molecule has 0 heterocycles. The van der Waals surface area contributed by atoms with Crippen LogP contribution in [0, 0.1) is 5.92 Å². The average molecular weight is 324 g/mol. The van der Waals surface area contributed by atoms with Crippen LogP contribution in [0.4, 0.5) is 0 Å². The van der Waals surface area contributed by atoms with Crippen molar-refractivity contribution in [1.29, 1.82) is 0 Å². The van der Waals surface area contributed by atoms with E-state index < -0.39 is 6.10 Å². The topological polar surface area (TPSA) is 49.3 Å². The molecule has 2 aliphatic rings. The number of nitrogens with one attached hydrogen (secondary N) is 1. The van der Waals surface area contributed by atoms with Gasteiger partial charge in [-0.25, -0.2) is 0 Å². The third-order valence-electron chi connectivity index (χ3n) is 4.33. The summed E-state index contributed by atoms with van der Waals surface area (Å²) in [7, 11) is 0. The second-order valence-electron chi connectivity index (χ2n) is 5.68.